The number of ether oxygens (including phenoxy) is 2. The molecule has 2 aromatic carbocycles. The zero-order valence-electron chi connectivity index (χ0n) is 17.1. The van der Waals surface area contributed by atoms with Gasteiger partial charge in [0.05, 0.1) is 5.60 Å². The average molecular weight is 418 g/mol. The van der Waals surface area contributed by atoms with Crippen LogP contribution in [0.3, 0.4) is 0 Å². The molecule has 5 rings (SSSR count). The molecule has 1 amide bonds. The highest BCUT2D eigenvalue weighted by atomic mass is 16.5. The Hall–Kier alpha value is -3.12. The van der Waals surface area contributed by atoms with Crippen LogP contribution in [-0.2, 0) is 9.53 Å². The molecule has 160 valence electrons. The van der Waals surface area contributed by atoms with Crippen LogP contribution in [0.2, 0.25) is 0 Å². The normalized spacial score (nSPS) is 26.8. The zero-order valence-corrected chi connectivity index (χ0v) is 17.1. The number of benzene rings is 2. The fourth-order valence-corrected chi connectivity index (χ4v) is 5.11. The smallest absolute Gasteiger partial charge is 0.251 e. The van der Waals surface area contributed by atoms with Gasteiger partial charge in [-0.1, -0.05) is 30.3 Å². The molecular formula is C25H24NO5-. The Morgan fingerprint density at radius 1 is 1.06 bits per heavy atom. The van der Waals surface area contributed by atoms with Gasteiger partial charge in [0.15, 0.2) is 0 Å². The number of rotatable bonds is 4. The number of amides is 1. The Bertz CT molecular complexity index is 1040. The van der Waals surface area contributed by atoms with Crippen molar-refractivity contribution in [2.75, 3.05) is 13.2 Å². The number of carboxylic acids is 1. The first kappa shape index (κ1) is 19.8. The number of aliphatic carboxylic acids is 1. The number of nitrogens with one attached hydrogen (secondary N) is 1. The molecular weight excluding hydrogens is 394 g/mol. The summed E-state index contributed by atoms with van der Waals surface area (Å²) in [5, 5.41) is 14.6. The maximum absolute atomic E-state index is 12.9. The highest BCUT2D eigenvalue weighted by Gasteiger charge is 2.48. The van der Waals surface area contributed by atoms with Crippen LogP contribution in [0.4, 0.5) is 0 Å². The molecule has 0 bridgehead atoms. The molecule has 2 aromatic rings. The van der Waals surface area contributed by atoms with E-state index in [9.17, 15) is 14.7 Å². The van der Waals surface area contributed by atoms with Gasteiger partial charge in [0.25, 0.3) is 5.91 Å². The Morgan fingerprint density at radius 2 is 1.87 bits per heavy atom. The van der Waals surface area contributed by atoms with Crippen LogP contribution in [0.25, 0.3) is 5.57 Å². The summed E-state index contributed by atoms with van der Waals surface area (Å²) < 4.78 is 11.5. The molecule has 2 fully saturated rings. The van der Waals surface area contributed by atoms with Gasteiger partial charge in [0, 0.05) is 35.7 Å². The van der Waals surface area contributed by atoms with E-state index in [1.54, 1.807) is 12.1 Å². The minimum absolute atomic E-state index is 0.279. The Labute approximate surface area is 180 Å². The zero-order chi connectivity index (χ0) is 21.4. The lowest BCUT2D eigenvalue weighted by molar-refractivity contribution is -0.312. The van der Waals surface area contributed by atoms with Gasteiger partial charge in [-0.15, -0.1) is 0 Å². The van der Waals surface area contributed by atoms with Crippen molar-refractivity contribution >= 4 is 17.4 Å². The summed E-state index contributed by atoms with van der Waals surface area (Å²) in [6.07, 6.45) is 4.69. The molecule has 2 heterocycles. The maximum atomic E-state index is 12.9. The van der Waals surface area contributed by atoms with Gasteiger partial charge < -0.3 is 24.7 Å². The highest BCUT2D eigenvalue weighted by Crippen LogP contribution is 2.44. The van der Waals surface area contributed by atoms with Gasteiger partial charge in [-0.25, -0.2) is 0 Å². The molecule has 1 aliphatic carbocycles. The number of para-hydroxylation sites is 1. The first-order chi connectivity index (χ1) is 15.0. The van der Waals surface area contributed by atoms with E-state index in [0.717, 1.165) is 35.3 Å². The van der Waals surface area contributed by atoms with E-state index >= 15 is 0 Å². The lowest BCUT2D eigenvalue weighted by Gasteiger charge is -2.22. The standard InChI is InChI=1S/C25H25NO5/c27-23(26-21-15-25(11-3-12-31-25)14-20(21)24(28)29)17-8-6-16(7-9-17)18-10-13-30-22-5-2-1-4-19(18)22/h1-2,4-10,20-21H,3,11-15H2,(H,26,27)(H,28,29)/p-1/t20-,21+,25+/m0/s1. The molecule has 1 N–H and O–H groups in total. The summed E-state index contributed by atoms with van der Waals surface area (Å²) in [5.41, 5.74) is 3.15. The van der Waals surface area contributed by atoms with E-state index < -0.39 is 23.5 Å². The number of fused-ring (bicyclic) bond motifs is 1. The molecule has 1 saturated carbocycles. The van der Waals surface area contributed by atoms with Crippen LogP contribution in [0, 0.1) is 5.92 Å². The Kier molecular flexibility index (Phi) is 5.02. The molecule has 3 atom stereocenters. The van der Waals surface area contributed by atoms with Crippen LogP contribution >= 0.6 is 0 Å². The largest absolute Gasteiger partial charge is 0.550 e. The van der Waals surface area contributed by atoms with E-state index in [1.807, 2.05) is 42.5 Å². The summed E-state index contributed by atoms with van der Waals surface area (Å²) >= 11 is 0. The van der Waals surface area contributed by atoms with Crippen LogP contribution in [0.5, 0.6) is 5.75 Å². The third-order valence-electron chi connectivity index (χ3n) is 6.64. The van der Waals surface area contributed by atoms with E-state index in [2.05, 4.69) is 5.32 Å². The average Bonchev–Trinajstić information content (AvgIpc) is 3.40. The number of hydrogen-bond acceptors (Lipinski definition) is 5. The molecule has 1 spiro atoms. The van der Waals surface area contributed by atoms with Crippen molar-refractivity contribution < 1.29 is 24.2 Å². The van der Waals surface area contributed by atoms with E-state index in [4.69, 9.17) is 9.47 Å². The second-order valence-electron chi connectivity index (χ2n) is 8.55. The maximum Gasteiger partial charge on any atom is 0.251 e. The summed E-state index contributed by atoms with van der Waals surface area (Å²) in [7, 11) is 0. The fraction of sp³-hybridized carbons (Fsp3) is 0.360. The lowest BCUT2D eigenvalue weighted by Crippen LogP contribution is -2.44. The minimum Gasteiger partial charge on any atom is -0.550 e. The molecule has 0 aromatic heterocycles. The number of hydrogen-bond donors (Lipinski definition) is 1. The molecule has 6 heteroatoms. The minimum atomic E-state index is -1.13. The van der Waals surface area contributed by atoms with Crippen molar-refractivity contribution in [2.24, 2.45) is 5.92 Å². The molecule has 6 nitrogen and oxygen atoms in total. The van der Waals surface area contributed by atoms with Crippen molar-refractivity contribution in [3.05, 3.63) is 71.3 Å². The summed E-state index contributed by atoms with van der Waals surface area (Å²) in [5.74, 6) is -1.29. The van der Waals surface area contributed by atoms with Crippen LogP contribution in [-0.4, -0.2) is 36.7 Å². The summed E-state index contributed by atoms with van der Waals surface area (Å²) in [6.45, 7) is 1.15. The second kappa shape index (κ2) is 7.85. The van der Waals surface area contributed by atoms with Crippen LogP contribution in [0.15, 0.2) is 54.6 Å². The predicted octanol–water partition coefficient (Wildman–Crippen LogP) is 2.32. The third kappa shape index (κ3) is 3.72. The molecule has 0 radical (unpaired) electrons. The molecule has 31 heavy (non-hydrogen) atoms. The number of carboxylic acid groups (broad SMARTS) is 1. The van der Waals surface area contributed by atoms with Gasteiger partial charge in [-0.05, 0) is 61.1 Å². The van der Waals surface area contributed by atoms with Gasteiger partial charge in [0.2, 0.25) is 0 Å². The van der Waals surface area contributed by atoms with Gasteiger partial charge >= 0.3 is 0 Å². The molecule has 0 unspecified atom stereocenters. The highest BCUT2D eigenvalue weighted by molar-refractivity contribution is 5.95. The van der Waals surface area contributed by atoms with E-state index in [1.165, 1.54) is 0 Å². The third-order valence-corrected chi connectivity index (χ3v) is 6.64. The van der Waals surface area contributed by atoms with Gasteiger partial charge in [0.1, 0.15) is 12.4 Å². The quantitative estimate of drug-likeness (QED) is 0.823. The van der Waals surface area contributed by atoms with Crippen molar-refractivity contribution in [1.82, 2.24) is 5.32 Å². The summed E-state index contributed by atoms with van der Waals surface area (Å²) in [4.78, 5) is 24.5. The first-order valence-corrected chi connectivity index (χ1v) is 10.7. The molecule has 3 aliphatic rings. The monoisotopic (exact) mass is 418 g/mol. The molecule has 1 saturated heterocycles. The van der Waals surface area contributed by atoms with Gasteiger partial charge in [-0.3, -0.25) is 4.79 Å². The van der Waals surface area contributed by atoms with Crippen molar-refractivity contribution in [2.45, 2.75) is 37.3 Å². The van der Waals surface area contributed by atoms with Gasteiger partial charge in [-0.2, -0.15) is 0 Å². The number of carbonyl (C=O) groups is 2. The van der Waals surface area contributed by atoms with Crippen molar-refractivity contribution in [3.63, 3.8) is 0 Å². The van der Waals surface area contributed by atoms with E-state index in [-0.39, 0.29) is 5.91 Å². The number of carbonyl (C=O) groups excluding carboxylic acids is 2. The van der Waals surface area contributed by atoms with Crippen molar-refractivity contribution in [3.8, 4) is 5.75 Å². The Morgan fingerprint density at radius 3 is 2.61 bits per heavy atom. The predicted molar refractivity (Wildman–Crippen MR) is 112 cm³/mol. The Balaban J connectivity index is 1.32. The topological polar surface area (TPSA) is 87.7 Å². The van der Waals surface area contributed by atoms with Crippen LogP contribution < -0.4 is 15.2 Å². The van der Waals surface area contributed by atoms with E-state index in [0.29, 0.717) is 31.6 Å². The first-order valence-electron chi connectivity index (χ1n) is 10.7. The fourth-order valence-electron chi connectivity index (χ4n) is 5.11. The summed E-state index contributed by atoms with van der Waals surface area (Å²) in [6, 6.07) is 14.8. The van der Waals surface area contributed by atoms with Crippen LogP contribution in [0.1, 0.15) is 47.2 Å². The van der Waals surface area contributed by atoms with Crippen molar-refractivity contribution in [1.29, 1.82) is 0 Å². The molecule has 2 aliphatic heterocycles. The lowest BCUT2D eigenvalue weighted by atomic mass is 9.94. The SMILES string of the molecule is O=C(N[C@@H]1C[C@@]2(CCCO2)C[C@@H]1C(=O)[O-])c1ccc(C2=CCOc3ccccc32)cc1. The second-order valence-corrected chi connectivity index (χ2v) is 8.55.